The van der Waals surface area contributed by atoms with Gasteiger partial charge in [0.05, 0.1) is 17.7 Å². The molecule has 196 valence electrons. The van der Waals surface area contributed by atoms with Gasteiger partial charge >= 0.3 is 0 Å². The molecule has 0 N–H and O–H groups in total. The Morgan fingerprint density at radius 3 is 2.30 bits per heavy atom. The highest BCUT2D eigenvalue weighted by molar-refractivity contribution is 6.07. The van der Waals surface area contributed by atoms with E-state index in [-0.39, 0.29) is 0 Å². The Labute approximate surface area is 216 Å². The van der Waals surface area contributed by atoms with Crippen molar-refractivity contribution in [3.05, 3.63) is 89.0 Å². The summed E-state index contributed by atoms with van der Waals surface area (Å²) in [5.74, 6) is -2.17. The molecule has 0 unspecified atom stereocenters. The van der Waals surface area contributed by atoms with Crippen LogP contribution >= 0.6 is 0 Å². The van der Waals surface area contributed by atoms with Crippen LogP contribution in [0, 0.1) is 11.6 Å². The maximum atomic E-state index is 14.9. The Hall–Kier alpha value is -3.59. The van der Waals surface area contributed by atoms with Gasteiger partial charge in [-0.05, 0) is 38.0 Å². The molecular formula is C28H33F2N5O2. The lowest BCUT2D eigenvalue weighted by atomic mass is 10.0. The Balaban J connectivity index is 1.47. The number of carbonyl (C=O) groups excluding carboxylic acids is 2. The topological polar surface area (TPSA) is 61.7 Å². The summed E-state index contributed by atoms with van der Waals surface area (Å²) in [5.41, 5.74) is 0.211. The van der Waals surface area contributed by atoms with Gasteiger partial charge in [0, 0.05) is 58.2 Å². The van der Waals surface area contributed by atoms with Gasteiger partial charge in [0.1, 0.15) is 17.5 Å². The van der Waals surface area contributed by atoms with Crippen LogP contribution in [0.4, 0.5) is 8.78 Å². The predicted octanol–water partition coefficient (Wildman–Crippen LogP) is 4.04. The number of rotatable bonds is 8. The standard InChI is InChI=1S/C28H33F2N5O2/c1-3-33(4-2)27(36)25-22(29)11-12-23(30)26(25)28(37)34-15-8-14-32(17-18-34)20-24-31-13-16-35(24)19-21-9-6-5-7-10-21/h5-7,9-13,16H,3-4,8,14-15,17-20H2,1-2H3. The van der Waals surface area contributed by atoms with Crippen LogP contribution in [-0.2, 0) is 13.1 Å². The normalized spacial score (nSPS) is 14.4. The lowest BCUT2D eigenvalue weighted by Gasteiger charge is -2.25. The molecule has 4 rings (SSSR count). The van der Waals surface area contributed by atoms with Crippen LogP contribution in [0.25, 0.3) is 0 Å². The molecule has 0 bridgehead atoms. The lowest BCUT2D eigenvalue weighted by Crippen LogP contribution is -2.38. The fraction of sp³-hybridized carbons (Fsp3) is 0.393. The van der Waals surface area contributed by atoms with E-state index in [2.05, 4.69) is 26.6 Å². The molecule has 7 nitrogen and oxygen atoms in total. The summed E-state index contributed by atoms with van der Waals surface area (Å²) >= 11 is 0. The number of nitrogens with zero attached hydrogens (tertiary/aromatic N) is 5. The minimum absolute atomic E-state index is 0.331. The molecule has 3 aromatic rings. The molecule has 9 heteroatoms. The molecule has 0 aliphatic carbocycles. The van der Waals surface area contributed by atoms with Crippen LogP contribution in [0.5, 0.6) is 0 Å². The second-order valence-corrected chi connectivity index (χ2v) is 9.14. The second kappa shape index (κ2) is 12.1. The number of carbonyl (C=O) groups is 2. The lowest BCUT2D eigenvalue weighted by molar-refractivity contribution is 0.0719. The van der Waals surface area contributed by atoms with Crippen molar-refractivity contribution in [2.75, 3.05) is 39.3 Å². The third-order valence-corrected chi connectivity index (χ3v) is 6.82. The molecule has 1 saturated heterocycles. The van der Waals surface area contributed by atoms with E-state index in [0.717, 1.165) is 31.0 Å². The maximum Gasteiger partial charge on any atom is 0.257 e. The average molecular weight is 510 g/mol. The molecule has 2 heterocycles. The van der Waals surface area contributed by atoms with Crippen LogP contribution in [0.3, 0.4) is 0 Å². The number of hydrogen-bond acceptors (Lipinski definition) is 4. The van der Waals surface area contributed by atoms with Gasteiger partial charge in [0.15, 0.2) is 0 Å². The highest BCUT2D eigenvalue weighted by atomic mass is 19.1. The molecule has 1 aliphatic heterocycles. The van der Waals surface area contributed by atoms with Gasteiger partial charge in [0.2, 0.25) is 0 Å². The Morgan fingerprint density at radius 1 is 0.892 bits per heavy atom. The zero-order chi connectivity index (χ0) is 26.4. The largest absolute Gasteiger partial charge is 0.339 e. The molecule has 1 aliphatic rings. The molecule has 1 aromatic heterocycles. The number of benzene rings is 2. The molecule has 2 amide bonds. The molecule has 0 radical (unpaired) electrons. The van der Waals surface area contributed by atoms with E-state index < -0.39 is 34.6 Å². The third-order valence-electron chi connectivity index (χ3n) is 6.82. The highest BCUT2D eigenvalue weighted by Crippen LogP contribution is 2.23. The van der Waals surface area contributed by atoms with Crippen LogP contribution in [0.1, 0.15) is 52.4 Å². The number of hydrogen-bond donors (Lipinski definition) is 0. The molecular weight excluding hydrogens is 476 g/mol. The van der Waals surface area contributed by atoms with Gasteiger partial charge in [0.25, 0.3) is 11.8 Å². The number of aromatic nitrogens is 2. The zero-order valence-electron chi connectivity index (χ0n) is 21.4. The first-order valence-corrected chi connectivity index (χ1v) is 12.8. The van der Waals surface area contributed by atoms with Crippen molar-refractivity contribution in [1.29, 1.82) is 0 Å². The third kappa shape index (κ3) is 6.05. The van der Waals surface area contributed by atoms with Crippen molar-refractivity contribution in [1.82, 2.24) is 24.3 Å². The van der Waals surface area contributed by atoms with Crippen molar-refractivity contribution in [2.45, 2.75) is 33.4 Å². The summed E-state index contributed by atoms with van der Waals surface area (Å²) in [5, 5.41) is 0. The minimum Gasteiger partial charge on any atom is -0.339 e. The SMILES string of the molecule is CCN(CC)C(=O)c1c(F)ccc(F)c1C(=O)N1CCCN(Cc2nccn2Cc2ccccc2)CC1. The van der Waals surface area contributed by atoms with E-state index in [9.17, 15) is 18.4 Å². The maximum absolute atomic E-state index is 14.9. The number of imidazole rings is 1. The van der Waals surface area contributed by atoms with Gasteiger partial charge in [-0.2, -0.15) is 0 Å². The van der Waals surface area contributed by atoms with Crippen molar-refractivity contribution >= 4 is 11.8 Å². The zero-order valence-corrected chi connectivity index (χ0v) is 21.4. The summed E-state index contributed by atoms with van der Waals surface area (Å²) < 4.78 is 31.8. The van der Waals surface area contributed by atoms with Crippen LogP contribution in [0.15, 0.2) is 54.9 Å². The van der Waals surface area contributed by atoms with Crippen molar-refractivity contribution in [2.24, 2.45) is 0 Å². The molecule has 0 saturated carbocycles. The van der Waals surface area contributed by atoms with Crippen molar-refractivity contribution in [3.8, 4) is 0 Å². The van der Waals surface area contributed by atoms with E-state index in [4.69, 9.17) is 0 Å². The van der Waals surface area contributed by atoms with Gasteiger partial charge in [-0.3, -0.25) is 14.5 Å². The Morgan fingerprint density at radius 2 is 1.59 bits per heavy atom. The van der Waals surface area contributed by atoms with Gasteiger partial charge in [-0.1, -0.05) is 30.3 Å². The fourth-order valence-electron chi connectivity index (χ4n) is 4.74. The summed E-state index contributed by atoms with van der Waals surface area (Å²) in [6.07, 6.45) is 4.41. The molecule has 0 atom stereocenters. The van der Waals surface area contributed by atoms with E-state index in [1.165, 1.54) is 15.4 Å². The molecule has 0 spiro atoms. The van der Waals surface area contributed by atoms with E-state index in [0.29, 0.717) is 45.7 Å². The van der Waals surface area contributed by atoms with Crippen molar-refractivity contribution in [3.63, 3.8) is 0 Å². The first-order valence-electron chi connectivity index (χ1n) is 12.8. The quantitative estimate of drug-likeness (QED) is 0.460. The summed E-state index contributed by atoms with van der Waals surface area (Å²) in [4.78, 5) is 36.1. The van der Waals surface area contributed by atoms with Crippen LogP contribution in [-0.4, -0.2) is 75.3 Å². The average Bonchev–Trinajstić information content (AvgIpc) is 3.19. The van der Waals surface area contributed by atoms with Gasteiger partial charge < -0.3 is 14.4 Å². The van der Waals surface area contributed by atoms with Crippen LogP contribution < -0.4 is 0 Å². The first kappa shape index (κ1) is 26.5. The van der Waals surface area contributed by atoms with Gasteiger partial charge in [-0.15, -0.1) is 0 Å². The summed E-state index contributed by atoms with van der Waals surface area (Å²) in [7, 11) is 0. The van der Waals surface area contributed by atoms with E-state index >= 15 is 0 Å². The second-order valence-electron chi connectivity index (χ2n) is 9.14. The van der Waals surface area contributed by atoms with E-state index in [1.54, 1.807) is 20.0 Å². The number of halogens is 2. The van der Waals surface area contributed by atoms with Gasteiger partial charge in [-0.25, -0.2) is 13.8 Å². The molecule has 1 fully saturated rings. The smallest absolute Gasteiger partial charge is 0.257 e. The first-order chi connectivity index (χ1) is 17.9. The summed E-state index contributed by atoms with van der Waals surface area (Å²) in [6.45, 7) is 7.53. The summed E-state index contributed by atoms with van der Waals surface area (Å²) in [6, 6.07) is 12.0. The fourth-order valence-corrected chi connectivity index (χ4v) is 4.74. The molecule has 37 heavy (non-hydrogen) atoms. The monoisotopic (exact) mass is 509 g/mol. The van der Waals surface area contributed by atoms with Crippen LogP contribution in [0.2, 0.25) is 0 Å². The predicted molar refractivity (Wildman–Crippen MR) is 137 cm³/mol. The van der Waals surface area contributed by atoms with E-state index in [1.807, 2.05) is 24.4 Å². The highest BCUT2D eigenvalue weighted by Gasteiger charge is 2.31. The molecule has 2 aromatic carbocycles. The van der Waals surface area contributed by atoms with Crippen molar-refractivity contribution < 1.29 is 18.4 Å². The number of amides is 2. The Kier molecular flexibility index (Phi) is 8.66. The Bertz CT molecular complexity index is 1230. The minimum atomic E-state index is -0.886.